The zero-order valence-electron chi connectivity index (χ0n) is 10.8. The zero-order valence-corrected chi connectivity index (χ0v) is 10.8. The third kappa shape index (κ3) is 6.29. The largest absolute Gasteiger partial charge is 0.385 e. The van der Waals surface area contributed by atoms with Crippen molar-refractivity contribution in [2.45, 2.75) is 32.7 Å². The van der Waals surface area contributed by atoms with Crippen molar-refractivity contribution in [3.05, 3.63) is 29.8 Å². The molecule has 96 valence electrons. The maximum atomic E-state index is 5.55. The summed E-state index contributed by atoms with van der Waals surface area (Å²) < 4.78 is 0. The van der Waals surface area contributed by atoms with E-state index in [1.807, 2.05) is 0 Å². The van der Waals surface area contributed by atoms with Crippen LogP contribution < -0.4 is 16.4 Å². The van der Waals surface area contributed by atoms with Crippen LogP contribution in [-0.2, 0) is 6.54 Å². The van der Waals surface area contributed by atoms with Crippen LogP contribution in [-0.4, -0.2) is 19.6 Å². The molecule has 1 rings (SSSR count). The van der Waals surface area contributed by atoms with Crippen LogP contribution >= 0.6 is 0 Å². The predicted molar refractivity (Wildman–Crippen MR) is 75.2 cm³/mol. The number of rotatable bonds is 9. The number of nitrogens with one attached hydrogen (secondary N) is 2. The molecule has 0 bridgehead atoms. The van der Waals surface area contributed by atoms with Gasteiger partial charge in [-0.05, 0) is 50.0 Å². The molecular weight excluding hydrogens is 210 g/mol. The molecule has 4 N–H and O–H groups in total. The molecule has 3 heteroatoms. The Labute approximate surface area is 105 Å². The molecule has 0 heterocycles. The first-order chi connectivity index (χ1) is 8.36. The summed E-state index contributed by atoms with van der Waals surface area (Å²) in [5.41, 5.74) is 7.92. The van der Waals surface area contributed by atoms with Gasteiger partial charge in [0.2, 0.25) is 0 Å². The van der Waals surface area contributed by atoms with Gasteiger partial charge in [0.15, 0.2) is 0 Å². The first kappa shape index (κ1) is 14.0. The highest BCUT2D eigenvalue weighted by Crippen LogP contribution is 2.08. The molecule has 0 radical (unpaired) electrons. The summed E-state index contributed by atoms with van der Waals surface area (Å²) in [6.07, 6.45) is 3.65. The first-order valence-electron chi connectivity index (χ1n) is 6.60. The second kappa shape index (κ2) is 9.02. The van der Waals surface area contributed by atoms with Crippen LogP contribution in [0.4, 0.5) is 5.69 Å². The van der Waals surface area contributed by atoms with Crippen LogP contribution in [0.15, 0.2) is 24.3 Å². The van der Waals surface area contributed by atoms with Crippen molar-refractivity contribution in [1.82, 2.24) is 5.32 Å². The van der Waals surface area contributed by atoms with E-state index in [9.17, 15) is 0 Å². The Morgan fingerprint density at radius 2 is 1.71 bits per heavy atom. The number of anilines is 1. The fourth-order valence-corrected chi connectivity index (χ4v) is 1.67. The monoisotopic (exact) mass is 235 g/mol. The molecule has 1 aromatic rings. The average Bonchev–Trinajstić information content (AvgIpc) is 2.38. The maximum absolute atomic E-state index is 5.55. The molecule has 0 unspecified atom stereocenters. The molecule has 0 aliphatic carbocycles. The predicted octanol–water partition coefficient (Wildman–Crippen LogP) is 2.34. The lowest BCUT2D eigenvalue weighted by Gasteiger charge is -2.07. The van der Waals surface area contributed by atoms with Gasteiger partial charge < -0.3 is 16.4 Å². The Hall–Kier alpha value is -1.06. The minimum atomic E-state index is 0.614. The van der Waals surface area contributed by atoms with E-state index in [0.29, 0.717) is 6.54 Å². The van der Waals surface area contributed by atoms with E-state index in [4.69, 9.17) is 5.73 Å². The molecule has 3 nitrogen and oxygen atoms in total. The molecule has 0 atom stereocenters. The van der Waals surface area contributed by atoms with Gasteiger partial charge in [0.25, 0.3) is 0 Å². The molecule has 0 fully saturated rings. The molecule has 0 aliphatic rings. The fraction of sp³-hybridized carbons (Fsp3) is 0.571. The quantitative estimate of drug-likeness (QED) is 0.576. The van der Waals surface area contributed by atoms with Crippen LogP contribution in [0.2, 0.25) is 0 Å². The van der Waals surface area contributed by atoms with E-state index in [1.165, 1.54) is 30.5 Å². The van der Waals surface area contributed by atoms with Crippen LogP contribution in [0.3, 0.4) is 0 Å². The van der Waals surface area contributed by atoms with Gasteiger partial charge in [-0.25, -0.2) is 0 Å². The van der Waals surface area contributed by atoms with E-state index in [2.05, 4.69) is 41.8 Å². The van der Waals surface area contributed by atoms with Crippen LogP contribution in [0.25, 0.3) is 0 Å². The Morgan fingerprint density at radius 1 is 1.00 bits per heavy atom. The fourth-order valence-electron chi connectivity index (χ4n) is 1.67. The van der Waals surface area contributed by atoms with E-state index >= 15 is 0 Å². The van der Waals surface area contributed by atoms with Gasteiger partial charge in [0.1, 0.15) is 0 Å². The minimum absolute atomic E-state index is 0.614. The van der Waals surface area contributed by atoms with E-state index in [1.54, 1.807) is 0 Å². The molecule has 0 amide bonds. The normalized spacial score (nSPS) is 10.5. The van der Waals surface area contributed by atoms with Gasteiger partial charge >= 0.3 is 0 Å². The Bertz CT molecular complexity index is 282. The van der Waals surface area contributed by atoms with Gasteiger partial charge in [-0.1, -0.05) is 19.1 Å². The summed E-state index contributed by atoms with van der Waals surface area (Å²) in [7, 11) is 0. The number of benzene rings is 1. The SMILES string of the molecule is CCCNCCCCNc1ccc(CN)cc1. The molecule has 1 aromatic carbocycles. The second-order valence-electron chi connectivity index (χ2n) is 4.28. The molecule has 0 aliphatic heterocycles. The average molecular weight is 235 g/mol. The molecule has 0 saturated carbocycles. The highest BCUT2D eigenvalue weighted by atomic mass is 14.9. The van der Waals surface area contributed by atoms with Gasteiger partial charge in [0, 0.05) is 18.8 Å². The molecule has 17 heavy (non-hydrogen) atoms. The highest BCUT2D eigenvalue weighted by molar-refractivity contribution is 5.44. The lowest BCUT2D eigenvalue weighted by atomic mass is 10.2. The lowest BCUT2D eigenvalue weighted by molar-refractivity contribution is 0.626. The Kier molecular flexibility index (Phi) is 7.43. The van der Waals surface area contributed by atoms with Gasteiger partial charge in [-0.15, -0.1) is 0 Å². The number of nitrogens with two attached hydrogens (primary N) is 1. The summed E-state index contributed by atoms with van der Waals surface area (Å²) in [5.74, 6) is 0. The van der Waals surface area contributed by atoms with Gasteiger partial charge in [-0.3, -0.25) is 0 Å². The number of hydrogen-bond acceptors (Lipinski definition) is 3. The Balaban J connectivity index is 2.05. The third-order valence-corrected chi connectivity index (χ3v) is 2.73. The summed E-state index contributed by atoms with van der Waals surface area (Å²) in [4.78, 5) is 0. The topological polar surface area (TPSA) is 50.1 Å². The van der Waals surface area contributed by atoms with Gasteiger partial charge in [-0.2, -0.15) is 0 Å². The summed E-state index contributed by atoms with van der Waals surface area (Å²) in [5, 5.41) is 6.83. The van der Waals surface area contributed by atoms with Crippen LogP contribution in [0.5, 0.6) is 0 Å². The van der Waals surface area contributed by atoms with Crippen molar-refractivity contribution in [3.8, 4) is 0 Å². The summed E-state index contributed by atoms with van der Waals surface area (Å²) in [6, 6.07) is 8.34. The molecule has 0 aromatic heterocycles. The molecular formula is C14H25N3. The maximum Gasteiger partial charge on any atom is 0.0340 e. The molecule has 0 saturated heterocycles. The standard InChI is InChI=1S/C14H25N3/c1-2-9-16-10-3-4-11-17-14-7-5-13(12-15)6-8-14/h5-8,16-17H,2-4,9-12,15H2,1H3. The number of unbranched alkanes of at least 4 members (excludes halogenated alkanes) is 1. The van der Waals surface area contributed by atoms with E-state index in [0.717, 1.165) is 19.6 Å². The van der Waals surface area contributed by atoms with Crippen molar-refractivity contribution < 1.29 is 0 Å². The van der Waals surface area contributed by atoms with Crippen molar-refractivity contribution >= 4 is 5.69 Å². The van der Waals surface area contributed by atoms with Crippen molar-refractivity contribution in [2.75, 3.05) is 25.0 Å². The first-order valence-corrected chi connectivity index (χ1v) is 6.60. The van der Waals surface area contributed by atoms with Gasteiger partial charge in [0.05, 0.1) is 0 Å². The van der Waals surface area contributed by atoms with Crippen LogP contribution in [0.1, 0.15) is 31.7 Å². The van der Waals surface area contributed by atoms with Crippen molar-refractivity contribution in [1.29, 1.82) is 0 Å². The summed E-state index contributed by atoms with van der Waals surface area (Å²) in [6.45, 7) is 6.11. The van der Waals surface area contributed by atoms with Crippen molar-refractivity contribution in [3.63, 3.8) is 0 Å². The zero-order chi connectivity index (χ0) is 12.3. The van der Waals surface area contributed by atoms with Crippen molar-refractivity contribution in [2.24, 2.45) is 5.73 Å². The second-order valence-corrected chi connectivity index (χ2v) is 4.28. The van der Waals surface area contributed by atoms with E-state index < -0.39 is 0 Å². The number of hydrogen-bond donors (Lipinski definition) is 3. The van der Waals surface area contributed by atoms with Crippen LogP contribution in [0, 0.1) is 0 Å². The minimum Gasteiger partial charge on any atom is -0.385 e. The molecule has 0 spiro atoms. The lowest BCUT2D eigenvalue weighted by Crippen LogP contribution is -2.16. The Morgan fingerprint density at radius 3 is 2.35 bits per heavy atom. The third-order valence-electron chi connectivity index (χ3n) is 2.73. The smallest absolute Gasteiger partial charge is 0.0340 e. The van der Waals surface area contributed by atoms with E-state index in [-0.39, 0.29) is 0 Å². The highest BCUT2D eigenvalue weighted by Gasteiger charge is 1.93. The summed E-state index contributed by atoms with van der Waals surface area (Å²) >= 11 is 0.